The van der Waals surface area contributed by atoms with Gasteiger partial charge in [-0.3, -0.25) is 4.79 Å². The van der Waals surface area contributed by atoms with Crippen LogP contribution in [0.4, 0.5) is 5.95 Å². The first-order valence-corrected chi connectivity index (χ1v) is 9.37. The van der Waals surface area contributed by atoms with E-state index in [1.54, 1.807) is 12.3 Å². The maximum atomic E-state index is 12.3. The number of nitrogens with one attached hydrogen (secondary N) is 2. The summed E-state index contributed by atoms with van der Waals surface area (Å²) in [6, 6.07) is 2.12. The summed E-state index contributed by atoms with van der Waals surface area (Å²) in [5.74, 6) is 0.463. The number of anilines is 1. The van der Waals surface area contributed by atoms with E-state index in [9.17, 15) is 4.79 Å². The number of hydrogen-bond donors (Lipinski definition) is 2. The topological polar surface area (TPSA) is 66.9 Å². The summed E-state index contributed by atoms with van der Waals surface area (Å²) in [4.78, 5) is 20.9. The molecule has 0 aliphatic heterocycles. The van der Waals surface area contributed by atoms with E-state index >= 15 is 0 Å². The summed E-state index contributed by atoms with van der Waals surface area (Å²) < 4.78 is 0. The molecule has 5 nitrogen and oxygen atoms in total. The van der Waals surface area contributed by atoms with E-state index in [1.165, 1.54) is 50.5 Å². The lowest BCUT2D eigenvalue weighted by atomic mass is 9.96. The van der Waals surface area contributed by atoms with E-state index in [4.69, 9.17) is 0 Å². The summed E-state index contributed by atoms with van der Waals surface area (Å²) >= 11 is 0. The number of hydrogen-bond acceptors (Lipinski definition) is 4. The Bertz CT molecular complexity index is 578. The molecule has 0 radical (unpaired) electrons. The van der Waals surface area contributed by atoms with Crippen LogP contribution in [0.15, 0.2) is 23.9 Å². The van der Waals surface area contributed by atoms with Crippen LogP contribution in [-0.2, 0) is 0 Å². The number of aromatic nitrogens is 2. The fraction of sp³-hybridized carbons (Fsp3) is 0.632. The quantitative estimate of drug-likeness (QED) is 0.779. The molecule has 1 amide bonds. The van der Waals surface area contributed by atoms with Crippen molar-refractivity contribution in [2.45, 2.75) is 70.3 Å². The monoisotopic (exact) mass is 328 g/mol. The van der Waals surface area contributed by atoms with Crippen molar-refractivity contribution in [3.05, 3.63) is 29.6 Å². The van der Waals surface area contributed by atoms with Crippen LogP contribution in [-0.4, -0.2) is 28.5 Å². The van der Waals surface area contributed by atoms with Gasteiger partial charge in [0.25, 0.3) is 5.91 Å². The molecule has 1 heterocycles. The van der Waals surface area contributed by atoms with Crippen molar-refractivity contribution in [1.29, 1.82) is 0 Å². The Balaban J connectivity index is 1.49. The number of amides is 1. The van der Waals surface area contributed by atoms with Crippen molar-refractivity contribution in [2.24, 2.45) is 0 Å². The zero-order valence-electron chi connectivity index (χ0n) is 14.4. The molecule has 3 rings (SSSR count). The second kappa shape index (κ2) is 8.81. The van der Waals surface area contributed by atoms with Crippen molar-refractivity contribution in [3.63, 3.8) is 0 Å². The maximum absolute atomic E-state index is 12.3. The Labute approximate surface area is 144 Å². The lowest BCUT2D eigenvalue weighted by Crippen LogP contribution is -2.27. The van der Waals surface area contributed by atoms with Crippen LogP contribution >= 0.6 is 0 Å². The van der Waals surface area contributed by atoms with Crippen LogP contribution in [0.25, 0.3) is 0 Å². The Morgan fingerprint density at radius 1 is 1.17 bits per heavy atom. The minimum absolute atomic E-state index is 0.111. The summed E-state index contributed by atoms with van der Waals surface area (Å²) in [6.07, 6.45) is 16.0. The van der Waals surface area contributed by atoms with Crippen molar-refractivity contribution < 1.29 is 4.79 Å². The first-order chi connectivity index (χ1) is 11.8. The third-order valence-corrected chi connectivity index (χ3v) is 4.94. The van der Waals surface area contributed by atoms with Gasteiger partial charge >= 0.3 is 0 Å². The van der Waals surface area contributed by atoms with Gasteiger partial charge in [0.1, 0.15) is 5.69 Å². The molecule has 1 fully saturated rings. The van der Waals surface area contributed by atoms with Gasteiger partial charge in [-0.15, -0.1) is 0 Å². The maximum Gasteiger partial charge on any atom is 0.270 e. The number of carbonyl (C=O) groups is 1. The minimum atomic E-state index is -0.111. The van der Waals surface area contributed by atoms with Gasteiger partial charge in [0.15, 0.2) is 0 Å². The number of allylic oxidation sites excluding steroid dienone is 1. The van der Waals surface area contributed by atoms with Crippen molar-refractivity contribution in [1.82, 2.24) is 15.3 Å². The van der Waals surface area contributed by atoms with Crippen LogP contribution < -0.4 is 10.6 Å². The molecule has 0 unspecified atom stereocenters. The third-order valence-electron chi connectivity index (χ3n) is 4.94. The lowest BCUT2D eigenvalue weighted by Gasteiger charge is -2.22. The highest BCUT2D eigenvalue weighted by Gasteiger charge is 2.15. The summed E-state index contributed by atoms with van der Waals surface area (Å²) in [5, 5.41) is 6.35. The summed E-state index contributed by atoms with van der Waals surface area (Å²) in [7, 11) is 0. The van der Waals surface area contributed by atoms with E-state index in [0.717, 1.165) is 19.3 Å². The molecule has 1 saturated carbocycles. The molecule has 1 aromatic heterocycles. The SMILES string of the molecule is O=C(NCCC1=CCCCC1)c1ccnc(NC2CCCCC2)n1. The fourth-order valence-corrected chi connectivity index (χ4v) is 3.54. The van der Waals surface area contributed by atoms with Gasteiger partial charge in [0, 0.05) is 18.8 Å². The molecule has 2 aliphatic carbocycles. The van der Waals surface area contributed by atoms with Gasteiger partial charge in [-0.2, -0.15) is 0 Å². The molecule has 1 aromatic rings. The zero-order valence-corrected chi connectivity index (χ0v) is 14.4. The van der Waals surface area contributed by atoms with Crippen LogP contribution in [0.3, 0.4) is 0 Å². The smallest absolute Gasteiger partial charge is 0.270 e. The van der Waals surface area contributed by atoms with Gasteiger partial charge in [-0.05, 0) is 51.0 Å². The molecule has 0 spiro atoms. The normalized spacial score (nSPS) is 18.8. The molecular weight excluding hydrogens is 300 g/mol. The first-order valence-electron chi connectivity index (χ1n) is 9.37. The Morgan fingerprint density at radius 3 is 2.83 bits per heavy atom. The molecule has 24 heavy (non-hydrogen) atoms. The van der Waals surface area contributed by atoms with E-state index in [-0.39, 0.29) is 5.91 Å². The molecule has 2 N–H and O–H groups in total. The van der Waals surface area contributed by atoms with Gasteiger partial charge < -0.3 is 10.6 Å². The predicted octanol–water partition coefficient (Wildman–Crippen LogP) is 3.84. The molecule has 2 aliphatic rings. The lowest BCUT2D eigenvalue weighted by molar-refractivity contribution is 0.0949. The molecule has 0 atom stereocenters. The van der Waals surface area contributed by atoms with E-state index in [1.807, 2.05) is 0 Å². The molecule has 0 bridgehead atoms. The Morgan fingerprint density at radius 2 is 2.04 bits per heavy atom. The van der Waals surface area contributed by atoms with Crippen LogP contribution in [0, 0.1) is 0 Å². The highest BCUT2D eigenvalue weighted by atomic mass is 16.1. The second-order valence-electron chi connectivity index (χ2n) is 6.86. The highest BCUT2D eigenvalue weighted by Crippen LogP contribution is 2.20. The fourth-order valence-electron chi connectivity index (χ4n) is 3.54. The van der Waals surface area contributed by atoms with E-state index < -0.39 is 0 Å². The van der Waals surface area contributed by atoms with Gasteiger partial charge in [0.2, 0.25) is 5.95 Å². The average molecular weight is 328 g/mol. The number of nitrogens with zero attached hydrogens (tertiary/aromatic N) is 2. The molecular formula is C19H28N4O. The van der Waals surface area contributed by atoms with Crippen LogP contribution in [0.2, 0.25) is 0 Å². The Hall–Kier alpha value is -1.91. The van der Waals surface area contributed by atoms with E-state index in [2.05, 4.69) is 26.7 Å². The second-order valence-corrected chi connectivity index (χ2v) is 6.86. The van der Waals surface area contributed by atoms with E-state index in [0.29, 0.717) is 24.2 Å². The summed E-state index contributed by atoms with van der Waals surface area (Å²) in [5.41, 5.74) is 1.92. The highest BCUT2D eigenvalue weighted by molar-refractivity contribution is 5.92. The van der Waals surface area contributed by atoms with Crippen LogP contribution in [0.5, 0.6) is 0 Å². The third kappa shape index (κ3) is 5.05. The van der Waals surface area contributed by atoms with Gasteiger partial charge in [-0.1, -0.05) is 30.9 Å². The van der Waals surface area contributed by atoms with Crippen molar-refractivity contribution >= 4 is 11.9 Å². The number of carbonyl (C=O) groups excluding carboxylic acids is 1. The van der Waals surface area contributed by atoms with Crippen molar-refractivity contribution in [2.75, 3.05) is 11.9 Å². The standard InChI is InChI=1S/C19H28N4O/c24-18(20-13-11-15-7-3-1-4-8-15)17-12-14-21-19(23-17)22-16-9-5-2-6-10-16/h7,12,14,16H,1-6,8-11,13H2,(H,20,24)(H,21,22,23). The average Bonchev–Trinajstić information content (AvgIpc) is 2.64. The summed E-state index contributed by atoms with van der Waals surface area (Å²) in [6.45, 7) is 0.681. The largest absolute Gasteiger partial charge is 0.351 e. The van der Waals surface area contributed by atoms with Crippen LogP contribution in [0.1, 0.15) is 74.7 Å². The van der Waals surface area contributed by atoms with Crippen molar-refractivity contribution in [3.8, 4) is 0 Å². The zero-order chi connectivity index (χ0) is 16.6. The predicted molar refractivity (Wildman–Crippen MR) is 96.0 cm³/mol. The number of rotatable bonds is 6. The van der Waals surface area contributed by atoms with Gasteiger partial charge in [0.05, 0.1) is 0 Å². The molecule has 130 valence electrons. The molecule has 0 saturated heterocycles. The Kier molecular flexibility index (Phi) is 6.21. The first kappa shape index (κ1) is 16.9. The molecule has 5 heteroatoms. The minimum Gasteiger partial charge on any atom is -0.351 e. The van der Waals surface area contributed by atoms with Gasteiger partial charge in [-0.25, -0.2) is 9.97 Å². The molecule has 0 aromatic carbocycles.